The van der Waals surface area contributed by atoms with E-state index in [1.165, 1.54) is 0 Å². The highest BCUT2D eigenvalue weighted by atomic mass is 79.9. The van der Waals surface area contributed by atoms with Crippen LogP contribution in [0.25, 0.3) is 0 Å². The van der Waals surface area contributed by atoms with Gasteiger partial charge in [-0.1, -0.05) is 0 Å². The van der Waals surface area contributed by atoms with Crippen LogP contribution in [0.4, 0.5) is 5.69 Å². The maximum absolute atomic E-state index is 5.21. The van der Waals surface area contributed by atoms with Crippen LogP contribution in [0.2, 0.25) is 0 Å². The van der Waals surface area contributed by atoms with Crippen molar-refractivity contribution in [3.05, 3.63) is 22.9 Å². The molecule has 96 valence electrons. The van der Waals surface area contributed by atoms with Crippen LogP contribution in [0.5, 0.6) is 0 Å². The summed E-state index contributed by atoms with van der Waals surface area (Å²) in [6.45, 7) is 4.32. The fourth-order valence-electron chi connectivity index (χ4n) is 1.70. The molecule has 0 spiro atoms. The summed E-state index contributed by atoms with van der Waals surface area (Å²) >= 11 is 3.52. The van der Waals surface area contributed by atoms with Crippen LogP contribution in [-0.4, -0.2) is 45.0 Å². The maximum atomic E-state index is 5.21. The van der Waals surface area contributed by atoms with Gasteiger partial charge in [-0.3, -0.25) is 4.98 Å². The average molecular weight is 303 g/mol. The minimum absolute atomic E-state index is 0.286. The summed E-state index contributed by atoms with van der Waals surface area (Å²) in [6, 6.07) is 2.28. The molecule has 1 atom stereocenters. The van der Waals surface area contributed by atoms with Crippen LogP contribution in [0.15, 0.2) is 22.9 Å². The molecule has 0 radical (unpaired) electrons. The van der Waals surface area contributed by atoms with Gasteiger partial charge < -0.3 is 14.4 Å². The summed E-state index contributed by atoms with van der Waals surface area (Å²) in [5, 5.41) is 0. The van der Waals surface area contributed by atoms with Crippen molar-refractivity contribution in [2.75, 3.05) is 38.9 Å². The van der Waals surface area contributed by atoms with Crippen molar-refractivity contribution >= 4 is 21.6 Å². The minimum atomic E-state index is 0.286. The molecule has 0 saturated heterocycles. The summed E-state index contributed by atoms with van der Waals surface area (Å²) in [4.78, 5) is 6.33. The molecule has 0 amide bonds. The second-order valence-electron chi connectivity index (χ2n) is 3.82. The second-order valence-corrected chi connectivity index (χ2v) is 4.67. The first-order valence-corrected chi connectivity index (χ1v) is 6.34. The lowest BCUT2D eigenvalue weighted by Crippen LogP contribution is -2.38. The first-order valence-electron chi connectivity index (χ1n) is 5.54. The van der Waals surface area contributed by atoms with Gasteiger partial charge >= 0.3 is 0 Å². The number of halogens is 1. The highest BCUT2D eigenvalue weighted by Crippen LogP contribution is 2.26. The molecule has 0 bridgehead atoms. The minimum Gasteiger partial charge on any atom is -0.383 e. The molecule has 0 aliphatic carbocycles. The molecule has 17 heavy (non-hydrogen) atoms. The largest absolute Gasteiger partial charge is 0.383 e. The Morgan fingerprint density at radius 3 is 2.76 bits per heavy atom. The van der Waals surface area contributed by atoms with Gasteiger partial charge in [-0.25, -0.2) is 0 Å². The quantitative estimate of drug-likeness (QED) is 0.774. The Morgan fingerprint density at radius 2 is 2.18 bits per heavy atom. The van der Waals surface area contributed by atoms with Crippen molar-refractivity contribution in [1.29, 1.82) is 0 Å². The normalized spacial score (nSPS) is 12.5. The fourth-order valence-corrected chi connectivity index (χ4v) is 2.18. The average Bonchev–Trinajstić information content (AvgIpc) is 2.32. The number of rotatable bonds is 7. The van der Waals surface area contributed by atoms with E-state index in [1.807, 2.05) is 6.07 Å². The lowest BCUT2D eigenvalue weighted by Gasteiger charge is -2.31. The molecular weight excluding hydrogens is 284 g/mol. The Hall–Kier alpha value is -0.650. The number of nitrogens with zero attached hydrogens (tertiary/aromatic N) is 2. The highest BCUT2D eigenvalue weighted by molar-refractivity contribution is 9.10. The molecule has 5 heteroatoms. The topological polar surface area (TPSA) is 34.6 Å². The zero-order chi connectivity index (χ0) is 12.7. The predicted molar refractivity (Wildman–Crippen MR) is 72.5 cm³/mol. The van der Waals surface area contributed by atoms with Crippen LogP contribution >= 0.6 is 15.9 Å². The number of anilines is 1. The lowest BCUT2D eigenvalue weighted by atomic mass is 10.2. The molecule has 1 unspecified atom stereocenters. The molecule has 0 saturated carbocycles. The molecule has 1 aromatic heterocycles. The lowest BCUT2D eigenvalue weighted by molar-refractivity contribution is 0.171. The number of hydrogen-bond donors (Lipinski definition) is 0. The van der Waals surface area contributed by atoms with Crippen molar-refractivity contribution in [3.63, 3.8) is 0 Å². The van der Waals surface area contributed by atoms with E-state index >= 15 is 0 Å². The second kappa shape index (κ2) is 7.63. The summed E-state index contributed by atoms with van der Waals surface area (Å²) in [6.07, 6.45) is 3.59. The monoisotopic (exact) mass is 302 g/mol. The molecule has 0 fully saturated rings. The Bertz CT molecular complexity index is 336. The van der Waals surface area contributed by atoms with Gasteiger partial charge in [-0.2, -0.15) is 0 Å². The third-order valence-electron chi connectivity index (χ3n) is 2.54. The van der Waals surface area contributed by atoms with Gasteiger partial charge in [0, 0.05) is 39.2 Å². The van der Waals surface area contributed by atoms with E-state index in [0.717, 1.165) is 16.7 Å². The standard InChI is InChI=1S/C12H19BrN2O2/c1-10(9-17-3)15(6-7-16-2)12-4-5-14-8-11(12)13/h4-5,8,10H,6-7,9H2,1-3H3. The Kier molecular flexibility index (Phi) is 6.47. The number of pyridine rings is 1. The molecule has 1 aromatic rings. The Morgan fingerprint density at radius 1 is 1.41 bits per heavy atom. The number of ether oxygens (including phenoxy) is 2. The van der Waals surface area contributed by atoms with E-state index < -0.39 is 0 Å². The molecule has 1 heterocycles. The van der Waals surface area contributed by atoms with E-state index in [4.69, 9.17) is 9.47 Å². The van der Waals surface area contributed by atoms with Gasteiger partial charge in [-0.15, -0.1) is 0 Å². The molecule has 0 aliphatic rings. The SMILES string of the molecule is COCCN(c1ccncc1Br)C(C)COC. The van der Waals surface area contributed by atoms with Crippen LogP contribution in [-0.2, 0) is 9.47 Å². The predicted octanol–water partition coefficient (Wildman–Crippen LogP) is 2.33. The highest BCUT2D eigenvalue weighted by Gasteiger charge is 2.16. The van der Waals surface area contributed by atoms with Gasteiger partial charge in [0.2, 0.25) is 0 Å². The summed E-state index contributed by atoms with van der Waals surface area (Å²) in [5.74, 6) is 0. The van der Waals surface area contributed by atoms with Crippen molar-refractivity contribution < 1.29 is 9.47 Å². The number of hydrogen-bond acceptors (Lipinski definition) is 4. The first kappa shape index (κ1) is 14.4. The van der Waals surface area contributed by atoms with E-state index in [9.17, 15) is 0 Å². The molecule has 0 N–H and O–H groups in total. The van der Waals surface area contributed by atoms with Gasteiger partial charge in [0.1, 0.15) is 0 Å². The van der Waals surface area contributed by atoms with E-state index in [1.54, 1.807) is 26.6 Å². The Labute approximate surface area is 111 Å². The third-order valence-corrected chi connectivity index (χ3v) is 3.15. The van der Waals surface area contributed by atoms with Crippen molar-refractivity contribution in [3.8, 4) is 0 Å². The van der Waals surface area contributed by atoms with Gasteiger partial charge in [0.15, 0.2) is 0 Å². The van der Waals surface area contributed by atoms with Gasteiger partial charge in [0.25, 0.3) is 0 Å². The van der Waals surface area contributed by atoms with E-state index in [-0.39, 0.29) is 6.04 Å². The van der Waals surface area contributed by atoms with E-state index in [0.29, 0.717) is 13.2 Å². The zero-order valence-corrected chi connectivity index (χ0v) is 12.1. The molecular formula is C12H19BrN2O2. The summed E-state index contributed by atoms with van der Waals surface area (Å²) in [7, 11) is 3.42. The smallest absolute Gasteiger partial charge is 0.0663 e. The van der Waals surface area contributed by atoms with Crippen LogP contribution in [0, 0.1) is 0 Å². The van der Waals surface area contributed by atoms with Crippen molar-refractivity contribution in [2.45, 2.75) is 13.0 Å². The third kappa shape index (κ3) is 4.26. The van der Waals surface area contributed by atoms with Gasteiger partial charge in [0.05, 0.1) is 23.4 Å². The number of methoxy groups -OCH3 is 2. The zero-order valence-electron chi connectivity index (χ0n) is 10.5. The van der Waals surface area contributed by atoms with Crippen molar-refractivity contribution in [2.24, 2.45) is 0 Å². The van der Waals surface area contributed by atoms with Crippen LogP contribution in [0.3, 0.4) is 0 Å². The molecule has 0 aliphatic heterocycles. The first-order chi connectivity index (χ1) is 8.20. The van der Waals surface area contributed by atoms with Crippen LogP contribution < -0.4 is 4.90 Å². The Balaban J connectivity index is 2.85. The van der Waals surface area contributed by atoms with Crippen molar-refractivity contribution in [1.82, 2.24) is 4.98 Å². The summed E-state index contributed by atoms with van der Waals surface area (Å²) < 4.78 is 11.3. The van der Waals surface area contributed by atoms with E-state index in [2.05, 4.69) is 32.7 Å². The van der Waals surface area contributed by atoms with Crippen LogP contribution in [0.1, 0.15) is 6.92 Å². The summed E-state index contributed by atoms with van der Waals surface area (Å²) in [5.41, 5.74) is 1.11. The molecule has 4 nitrogen and oxygen atoms in total. The fraction of sp³-hybridized carbons (Fsp3) is 0.583. The molecule has 1 rings (SSSR count). The maximum Gasteiger partial charge on any atom is 0.0663 e. The molecule has 0 aromatic carbocycles. The number of aromatic nitrogens is 1. The van der Waals surface area contributed by atoms with Gasteiger partial charge in [-0.05, 0) is 28.9 Å².